The Kier molecular flexibility index (Phi) is 4.36. The van der Waals surface area contributed by atoms with Gasteiger partial charge in [-0.05, 0) is 65.1 Å². The number of pyridine rings is 1. The lowest BCUT2D eigenvalue weighted by Crippen LogP contribution is -2.39. The minimum absolute atomic E-state index is 0.358. The van der Waals surface area contributed by atoms with Gasteiger partial charge in [0.15, 0.2) is 0 Å². The zero-order chi connectivity index (χ0) is 14.1. The maximum atomic E-state index is 10.7. The Hall–Kier alpha value is -0.410. The number of aromatic nitrogens is 1. The van der Waals surface area contributed by atoms with Gasteiger partial charge >= 0.3 is 0 Å². The molecule has 0 unspecified atom stereocenters. The molecular weight excluding hydrogens is 302 g/mol. The summed E-state index contributed by atoms with van der Waals surface area (Å²) in [6.07, 6.45) is 6.52. The first kappa shape index (κ1) is 15.0. The summed E-state index contributed by atoms with van der Waals surface area (Å²) < 4.78 is 0.986. The molecule has 1 aliphatic carbocycles. The second kappa shape index (κ2) is 5.53. The fourth-order valence-electron chi connectivity index (χ4n) is 3.05. The van der Waals surface area contributed by atoms with E-state index in [0.29, 0.717) is 11.8 Å². The van der Waals surface area contributed by atoms with Crippen molar-refractivity contribution < 1.29 is 5.11 Å². The highest BCUT2D eigenvalue weighted by Gasteiger charge is 2.37. The average molecular weight is 326 g/mol. The van der Waals surface area contributed by atoms with E-state index in [1.165, 1.54) is 0 Å². The highest BCUT2D eigenvalue weighted by atomic mass is 79.9. The number of aliphatic hydroxyl groups is 1. The first-order valence-electron chi connectivity index (χ1n) is 7.11. The molecule has 3 heteroatoms. The van der Waals surface area contributed by atoms with Crippen LogP contribution in [-0.4, -0.2) is 15.7 Å². The zero-order valence-corrected chi connectivity index (χ0v) is 13.7. The molecule has 0 saturated heterocycles. The topological polar surface area (TPSA) is 33.1 Å². The van der Waals surface area contributed by atoms with Crippen molar-refractivity contribution in [3.05, 3.63) is 28.5 Å². The van der Waals surface area contributed by atoms with Crippen molar-refractivity contribution in [2.75, 3.05) is 0 Å². The number of hydrogen-bond donors (Lipinski definition) is 1. The van der Waals surface area contributed by atoms with Crippen LogP contribution in [0.2, 0.25) is 0 Å². The van der Waals surface area contributed by atoms with Gasteiger partial charge in [-0.25, -0.2) is 0 Å². The van der Waals surface area contributed by atoms with Crippen molar-refractivity contribution in [2.24, 2.45) is 11.3 Å². The summed E-state index contributed by atoms with van der Waals surface area (Å²) in [4.78, 5) is 4.38. The molecule has 1 fully saturated rings. The Morgan fingerprint density at radius 1 is 1.32 bits per heavy atom. The van der Waals surface area contributed by atoms with Crippen molar-refractivity contribution in [1.82, 2.24) is 4.98 Å². The number of halogens is 1. The van der Waals surface area contributed by atoms with Crippen LogP contribution in [0.3, 0.4) is 0 Å². The molecule has 0 radical (unpaired) electrons. The standard InChI is InChI=1S/C16H24BrNO/c1-15(2,3)12-6-8-16(19,9-7-12)10-14-5-4-13(17)11-18-14/h4-5,11-12,19H,6-10H2,1-3H3. The van der Waals surface area contributed by atoms with Gasteiger partial charge in [0, 0.05) is 22.8 Å². The van der Waals surface area contributed by atoms with E-state index in [4.69, 9.17) is 0 Å². The van der Waals surface area contributed by atoms with Gasteiger partial charge in [-0.1, -0.05) is 20.8 Å². The molecule has 0 atom stereocenters. The van der Waals surface area contributed by atoms with Crippen molar-refractivity contribution in [3.63, 3.8) is 0 Å². The average Bonchev–Trinajstić information content (AvgIpc) is 2.31. The molecule has 0 amide bonds. The predicted octanol–water partition coefficient (Wildman–Crippen LogP) is 4.35. The molecule has 1 saturated carbocycles. The molecule has 19 heavy (non-hydrogen) atoms. The Bertz CT molecular complexity index is 413. The molecule has 1 heterocycles. The highest BCUT2D eigenvalue weighted by molar-refractivity contribution is 9.10. The van der Waals surface area contributed by atoms with E-state index in [9.17, 15) is 5.11 Å². The van der Waals surface area contributed by atoms with Gasteiger partial charge in [0.25, 0.3) is 0 Å². The Morgan fingerprint density at radius 2 is 1.95 bits per heavy atom. The molecule has 106 valence electrons. The summed E-state index contributed by atoms with van der Waals surface area (Å²) in [6.45, 7) is 6.91. The fraction of sp³-hybridized carbons (Fsp3) is 0.688. The van der Waals surface area contributed by atoms with E-state index in [2.05, 4.69) is 41.7 Å². The molecule has 2 rings (SSSR count). The fourth-order valence-corrected chi connectivity index (χ4v) is 3.28. The minimum Gasteiger partial charge on any atom is -0.389 e. The molecule has 2 nitrogen and oxygen atoms in total. The van der Waals surface area contributed by atoms with Crippen LogP contribution in [-0.2, 0) is 6.42 Å². The molecule has 0 bridgehead atoms. The van der Waals surface area contributed by atoms with Crippen LogP contribution in [0, 0.1) is 11.3 Å². The van der Waals surface area contributed by atoms with Crippen LogP contribution in [0.4, 0.5) is 0 Å². The van der Waals surface area contributed by atoms with Crippen LogP contribution < -0.4 is 0 Å². The SMILES string of the molecule is CC(C)(C)C1CCC(O)(Cc2ccc(Br)cn2)CC1. The van der Waals surface area contributed by atoms with E-state index in [-0.39, 0.29) is 0 Å². The van der Waals surface area contributed by atoms with Crippen LogP contribution in [0.25, 0.3) is 0 Å². The molecular formula is C16H24BrNO. The third-order valence-electron chi connectivity index (χ3n) is 4.44. The van der Waals surface area contributed by atoms with Crippen molar-refractivity contribution in [1.29, 1.82) is 0 Å². The third kappa shape index (κ3) is 4.03. The van der Waals surface area contributed by atoms with Crippen LogP contribution in [0.15, 0.2) is 22.8 Å². The number of nitrogens with zero attached hydrogens (tertiary/aromatic N) is 1. The summed E-state index contributed by atoms with van der Waals surface area (Å²) in [5.41, 5.74) is 0.791. The van der Waals surface area contributed by atoms with Crippen molar-refractivity contribution in [3.8, 4) is 0 Å². The van der Waals surface area contributed by atoms with Gasteiger partial charge in [0.1, 0.15) is 0 Å². The highest BCUT2D eigenvalue weighted by Crippen LogP contribution is 2.42. The Morgan fingerprint density at radius 3 is 2.42 bits per heavy atom. The molecule has 0 aromatic carbocycles. The normalized spacial score (nSPS) is 28.4. The summed E-state index contributed by atoms with van der Waals surface area (Å²) >= 11 is 3.39. The monoisotopic (exact) mass is 325 g/mol. The lowest BCUT2D eigenvalue weighted by Gasteiger charge is -2.41. The van der Waals surface area contributed by atoms with E-state index < -0.39 is 5.60 Å². The Labute approximate surface area is 124 Å². The summed E-state index contributed by atoms with van der Waals surface area (Å²) in [6, 6.07) is 3.99. The van der Waals surface area contributed by atoms with E-state index in [1.54, 1.807) is 6.20 Å². The molecule has 0 spiro atoms. The van der Waals surface area contributed by atoms with Crippen LogP contribution >= 0.6 is 15.9 Å². The molecule has 1 aromatic rings. The summed E-state index contributed by atoms with van der Waals surface area (Å²) in [5, 5.41) is 10.7. The van der Waals surface area contributed by atoms with Gasteiger partial charge < -0.3 is 5.11 Å². The van der Waals surface area contributed by atoms with Crippen molar-refractivity contribution in [2.45, 2.75) is 58.5 Å². The number of hydrogen-bond acceptors (Lipinski definition) is 2. The van der Waals surface area contributed by atoms with Crippen molar-refractivity contribution >= 4 is 15.9 Å². The smallest absolute Gasteiger partial charge is 0.0703 e. The van der Waals surface area contributed by atoms with Gasteiger partial charge in [-0.3, -0.25) is 4.98 Å². The largest absolute Gasteiger partial charge is 0.389 e. The van der Waals surface area contributed by atoms with Gasteiger partial charge in [-0.2, -0.15) is 0 Å². The third-order valence-corrected chi connectivity index (χ3v) is 4.91. The molecule has 1 N–H and O–H groups in total. The molecule has 0 aliphatic heterocycles. The second-order valence-corrected chi connectivity index (χ2v) is 7.92. The van der Waals surface area contributed by atoms with E-state index in [0.717, 1.165) is 41.8 Å². The van der Waals surface area contributed by atoms with E-state index >= 15 is 0 Å². The molecule has 1 aromatic heterocycles. The summed E-state index contributed by atoms with van der Waals surface area (Å²) in [5.74, 6) is 0.727. The van der Waals surface area contributed by atoms with Crippen LogP contribution in [0.5, 0.6) is 0 Å². The second-order valence-electron chi connectivity index (χ2n) is 7.01. The number of rotatable bonds is 2. The summed E-state index contributed by atoms with van der Waals surface area (Å²) in [7, 11) is 0. The first-order chi connectivity index (χ1) is 8.78. The maximum absolute atomic E-state index is 10.7. The maximum Gasteiger partial charge on any atom is 0.0703 e. The molecule has 1 aliphatic rings. The first-order valence-corrected chi connectivity index (χ1v) is 7.91. The van der Waals surface area contributed by atoms with E-state index in [1.807, 2.05) is 12.1 Å². The van der Waals surface area contributed by atoms with Gasteiger partial charge in [-0.15, -0.1) is 0 Å². The van der Waals surface area contributed by atoms with Gasteiger partial charge in [0.2, 0.25) is 0 Å². The lowest BCUT2D eigenvalue weighted by atomic mass is 9.67. The Balaban J connectivity index is 1.96. The van der Waals surface area contributed by atoms with Crippen LogP contribution in [0.1, 0.15) is 52.1 Å². The van der Waals surface area contributed by atoms with Gasteiger partial charge in [0.05, 0.1) is 5.60 Å². The lowest BCUT2D eigenvalue weighted by molar-refractivity contribution is -0.0251. The predicted molar refractivity (Wildman–Crippen MR) is 82.0 cm³/mol. The minimum atomic E-state index is -0.553. The quantitative estimate of drug-likeness (QED) is 0.876. The zero-order valence-electron chi connectivity index (χ0n) is 12.1.